The van der Waals surface area contributed by atoms with Crippen LogP contribution >= 0.6 is 23.2 Å². The minimum atomic E-state index is -1.51. The summed E-state index contributed by atoms with van der Waals surface area (Å²) in [7, 11) is 1.25. The smallest absolute Gasteiger partial charge is 0.315 e. The predicted molar refractivity (Wildman–Crippen MR) is 134 cm³/mol. The Kier molecular flexibility index (Phi) is 7.61. The summed E-state index contributed by atoms with van der Waals surface area (Å²) < 4.78 is 10.6. The molecule has 2 amide bonds. The summed E-state index contributed by atoms with van der Waals surface area (Å²) in [6, 6.07) is 11.5. The van der Waals surface area contributed by atoms with Crippen LogP contribution in [-0.4, -0.2) is 60.1 Å². The van der Waals surface area contributed by atoms with Crippen LogP contribution < -0.4 is 0 Å². The molecule has 4 rings (SSSR count). The van der Waals surface area contributed by atoms with E-state index in [4.69, 9.17) is 32.7 Å². The number of aliphatic hydroxyl groups is 1. The number of aliphatic hydroxyl groups excluding tert-OH is 1. The summed E-state index contributed by atoms with van der Waals surface area (Å²) in [6.07, 6.45) is -1.51. The number of imide groups is 1. The number of aliphatic imine (C=N–C) groups is 1. The van der Waals surface area contributed by atoms with Crippen LogP contribution in [0.2, 0.25) is 10.0 Å². The Balaban J connectivity index is 1.90. The summed E-state index contributed by atoms with van der Waals surface area (Å²) in [5.41, 5.74) is 1.79. The highest BCUT2D eigenvalue weighted by Crippen LogP contribution is 2.45. The van der Waals surface area contributed by atoms with Gasteiger partial charge in [-0.15, -0.1) is 0 Å². The Bertz CT molecular complexity index is 1270. The van der Waals surface area contributed by atoms with Crippen molar-refractivity contribution in [2.75, 3.05) is 20.3 Å². The number of nitrogens with zero attached hydrogens (tertiary/aromatic N) is 2. The van der Waals surface area contributed by atoms with Crippen LogP contribution in [0, 0.1) is 5.92 Å². The average Bonchev–Trinajstić information content (AvgIpc) is 3.10. The fraction of sp³-hybridized carbons (Fsp3) is 0.308. The van der Waals surface area contributed by atoms with E-state index in [2.05, 4.69) is 4.99 Å². The van der Waals surface area contributed by atoms with E-state index in [-0.39, 0.29) is 45.6 Å². The van der Waals surface area contributed by atoms with Crippen LogP contribution in [0.5, 0.6) is 0 Å². The van der Waals surface area contributed by atoms with Crippen molar-refractivity contribution in [3.63, 3.8) is 0 Å². The molecule has 3 unspecified atom stereocenters. The van der Waals surface area contributed by atoms with E-state index in [9.17, 15) is 19.5 Å². The molecule has 0 aliphatic carbocycles. The second-order valence-electron chi connectivity index (χ2n) is 8.33. The lowest BCUT2D eigenvalue weighted by Crippen LogP contribution is -2.40. The lowest BCUT2D eigenvalue weighted by molar-refractivity contribution is -0.144. The molecular weight excluding hydrogens is 507 g/mol. The highest BCUT2D eigenvalue weighted by atomic mass is 35.5. The van der Waals surface area contributed by atoms with Crippen molar-refractivity contribution < 1.29 is 29.0 Å². The fourth-order valence-corrected chi connectivity index (χ4v) is 5.12. The second kappa shape index (κ2) is 10.5. The van der Waals surface area contributed by atoms with Crippen molar-refractivity contribution in [2.24, 2.45) is 10.9 Å². The quantitative estimate of drug-likeness (QED) is 0.326. The van der Waals surface area contributed by atoms with Gasteiger partial charge < -0.3 is 14.6 Å². The third kappa shape index (κ3) is 4.46. The molecule has 2 aromatic rings. The average molecular weight is 531 g/mol. The van der Waals surface area contributed by atoms with E-state index < -0.39 is 35.9 Å². The van der Waals surface area contributed by atoms with Crippen LogP contribution in [0.4, 0.5) is 0 Å². The molecule has 0 spiro atoms. The maximum atomic E-state index is 13.1. The molecule has 2 heterocycles. The number of carbonyl (C=O) groups is 3. The molecule has 188 valence electrons. The standard InChI is InChI=1S/C26H24Cl2N2O6/c1-4-36-26(34)21-18(12-30-23(31)14-8-5-6-9-15(14)24(30)32)29-13(2)19(25(33)35-3)20(21)16-10-7-11-17(27)22(16)28/h5-11,19-20,26,34H,4,12H2,1-3H3. The van der Waals surface area contributed by atoms with Crippen LogP contribution in [-0.2, 0) is 14.3 Å². The van der Waals surface area contributed by atoms with Crippen LogP contribution in [0.25, 0.3) is 0 Å². The van der Waals surface area contributed by atoms with Crippen LogP contribution in [0.3, 0.4) is 0 Å². The van der Waals surface area contributed by atoms with Crippen LogP contribution in [0.15, 0.2) is 58.7 Å². The van der Waals surface area contributed by atoms with Gasteiger partial charge in [-0.25, -0.2) is 0 Å². The summed E-state index contributed by atoms with van der Waals surface area (Å²) >= 11 is 12.9. The van der Waals surface area contributed by atoms with Crippen molar-refractivity contribution in [1.82, 2.24) is 4.90 Å². The van der Waals surface area contributed by atoms with Crippen molar-refractivity contribution >= 4 is 46.7 Å². The molecule has 0 saturated heterocycles. The molecule has 1 N–H and O–H groups in total. The predicted octanol–water partition coefficient (Wildman–Crippen LogP) is 4.25. The second-order valence-corrected chi connectivity index (χ2v) is 9.11. The molecule has 0 radical (unpaired) electrons. The van der Waals surface area contributed by atoms with E-state index in [1.807, 2.05) is 0 Å². The Morgan fingerprint density at radius 3 is 2.33 bits per heavy atom. The van der Waals surface area contributed by atoms with Gasteiger partial charge in [-0.1, -0.05) is 47.5 Å². The maximum Gasteiger partial charge on any atom is 0.315 e. The normalized spacial score (nSPS) is 20.4. The molecule has 10 heteroatoms. The summed E-state index contributed by atoms with van der Waals surface area (Å²) in [5, 5.41) is 11.6. The first kappa shape index (κ1) is 26.0. The molecule has 2 aliphatic heterocycles. The first-order valence-corrected chi connectivity index (χ1v) is 12.0. The lowest BCUT2D eigenvalue weighted by Gasteiger charge is -2.36. The maximum absolute atomic E-state index is 13.1. The van der Waals surface area contributed by atoms with Crippen molar-refractivity contribution in [2.45, 2.75) is 26.1 Å². The Hall–Kier alpha value is -3.04. The van der Waals surface area contributed by atoms with Gasteiger partial charge in [-0.3, -0.25) is 24.3 Å². The number of carbonyl (C=O) groups excluding carboxylic acids is 3. The van der Waals surface area contributed by atoms with Gasteiger partial charge in [0.2, 0.25) is 0 Å². The van der Waals surface area contributed by atoms with Gasteiger partial charge in [0, 0.05) is 23.8 Å². The molecule has 8 nitrogen and oxygen atoms in total. The summed E-state index contributed by atoms with van der Waals surface area (Å²) in [5.74, 6) is -3.39. The Labute approximate surface area is 218 Å². The Morgan fingerprint density at radius 1 is 1.11 bits per heavy atom. The molecule has 2 aromatic carbocycles. The minimum absolute atomic E-state index is 0.145. The molecule has 36 heavy (non-hydrogen) atoms. The molecular formula is C26H24Cl2N2O6. The van der Waals surface area contributed by atoms with Crippen LogP contribution in [0.1, 0.15) is 46.0 Å². The van der Waals surface area contributed by atoms with Crippen molar-refractivity contribution in [1.29, 1.82) is 0 Å². The fourth-order valence-electron chi connectivity index (χ4n) is 4.69. The van der Waals surface area contributed by atoms with Gasteiger partial charge in [0.15, 0.2) is 6.29 Å². The number of rotatable bonds is 7. The van der Waals surface area contributed by atoms with E-state index in [1.54, 1.807) is 56.3 Å². The topological polar surface area (TPSA) is 106 Å². The largest absolute Gasteiger partial charge is 0.468 e. The minimum Gasteiger partial charge on any atom is -0.468 e. The van der Waals surface area contributed by atoms with Gasteiger partial charge in [0.05, 0.1) is 40.5 Å². The third-order valence-electron chi connectivity index (χ3n) is 6.31. The number of halogens is 2. The molecule has 0 saturated carbocycles. The van der Waals surface area contributed by atoms with Gasteiger partial charge in [0.1, 0.15) is 5.92 Å². The zero-order valence-electron chi connectivity index (χ0n) is 19.8. The molecule has 0 bridgehead atoms. The van der Waals surface area contributed by atoms with Crippen molar-refractivity contribution in [3.8, 4) is 0 Å². The summed E-state index contributed by atoms with van der Waals surface area (Å²) in [4.78, 5) is 44.7. The first-order valence-electron chi connectivity index (χ1n) is 11.3. The monoisotopic (exact) mass is 530 g/mol. The lowest BCUT2D eigenvalue weighted by atomic mass is 9.75. The third-order valence-corrected chi connectivity index (χ3v) is 7.14. The zero-order chi connectivity index (χ0) is 26.1. The number of esters is 1. The number of ether oxygens (including phenoxy) is 2. The molecule has 0 aromatic heterocycles. The summed E-state index contributed by atoms with van der Waals surface area (Å²) in [6.45, 7) is 3.24. The SMILES string of the molecule is CCOC(O)C1=C(CN2C(=O)c3ccccc3C2=O)N=C(C)C(C(=O)OC)C1c1cccc(Cl)c1Cl. The van der Waals surface area contributed by atoms with E-state index in [0.717, 1.165) is 4.90 Å². The number of hydrogen-bond acceptors (Lipinski definition) is 7. The Morgan fingerprint density at radius 2 is 1.75 bits per heavy atom. The van der Waals surface area contributed by atoms with Gasteiger partial charge in [-0.05, 0) is 37.6 Å². The number of benzene rings is 2. The van der Waals surface area contributed by atoms with Gasteiger partial charge in [-0.2, -0.15) is 0 Å². The first-order chi connectivity index (χ1) is 17.2. The molecule has 0 fully saturated rings. The molecule has 3 atom stereocenters. The number of methoxy groups -OCH3 is 1. The van der Waals surface area contributed by atoms with E-state index in [0.29, 0.717) is 11.3 Å². The van der Waals surface area contributed by atoms with E-state index in [1.165, 1.54) is 7.11 Å². The highest BCUT2D eigenvalue weighted by Gasteiger charge is 2.45. The van der Waals surface area contributed by atoms with E-state index >= 15 is 0 Å². The zero-order valence-corrected chi connectivity index (χ0v) is 21.3. The number of amides is 2. The van der Waals surface area contributed by atoms with Gasteiger partial charge >= 0.3 is 5.97 Å². The number of hydrogen-bond donors (Lipinski definition) is 1. The molecule has 2 aliphatic rings. The van der Waals surface area contributed by atoms with Gasteiger partial charge in [0.25, 0.3) is 11.8 Å². The number of fused-ring (bicyclic) bond motifs is 1. The highest BCUT2D eigenvalue weighted by molar-refractivity contribution is 6.42. The van der Waals surface area contributed by atoms with Crippen molar-refractivity contribution in [3.05, 3.63) is 80.5 Å².